The first kappa shape index (κ1) is 15.5. The highest BCUT2D eigenvalue weighted by Crippen LogP contribution is 2.26. The van der Waals surface area contributed by atoms with Crippen LogP contribution in [0.2, 0.25) is 0 Å². The molecule has 1 amide bonds. The second kappa shape index (κ2) is 7.22. The molecule has 3 rings (SSSR count). The summed E-state index contributed by atoms with van der Waals surface area (Å²) >= 11 is 0. The van der Waals surface area contributed by atoms with Gasteiger partial charge in [0.15, 0.2) is 6.29 Å². The van der Waals surface area contributed by atoms with E-state index in [1.54, 1.807) is 7.11 Å². The SMILES string of the molecule is COCc1cccc(C(=O)N2CCC(C3OCCO3)CC2)c1. The van der Waals surface area contributed by atoms with Gasteiger partial charge in [0.2, 0.25) is 0 Å². The Balaban J connectivity index is 1.58. The molecule has 0 aliphatic carbocycles. The fraction of sp³-hybridized carbons (Fsp3) is 0.588. The summed E-state index contributed by atoms with van der Waals surface area (Å²) in [4.78, 5) is 14.5. The van der Waals surface area contributed by atoms with Gasteiger partial charge in [0.05, 0.1) is 19.8 Å². The van der Waals surface area contributed by atoms with Gasteiger partial charge < -0.3 is 19.1 Å². The molecule has 0 aromatic heterocycles. The van der Waals surface area contributed by atoms with E-state index in [2.05, 4.69) is 0 Å². The van der Waals surface area contributed by atoms with Crippen molar-refractivity contribution in [3.05, 3.63) is 35.4 Å². The number of nitrogens with zero attached hydrogens (tertiary/aromatic N) is 1. The van der Waals surface area contributed by atoms with Crippen LogP contribution in [0.15, 0.2) is 24.3 Å². The summed E-state index contributed by atoms with van der Waals surface area (Å²) < 4.78 is 16.3. The third-order valence-electron chi connectivity index (χ3n) is 4.34. The van der Waals surface area contributed by atoms with Gasteiger partial charge in [-0.05, 0) is 30.5 Å². The number of methoxy groups -OCH3 is 1. The standard InChI is InChI=1S/C17H23NO4/c1-20-12-13-3-2-4-15(11-13)16(19)18-7-5-14(6-8-18)17-21-9-10-22-17/h2-4,11,14,17H,5-10,12H2,1H3. The van der Waals surface area contributed by atoms with Crippen LogP contribution < -0.4 is 0 Å². The van der Waals surface area contributed by atoms with E-state index in [9.17, 15) is 4.79 Å². The van der Waals surface area contributed by atoms with Crippen molar-refractivity contribution in [3.8, 4) is 0 Å². The molecular formula is C17H23NO4. The summed E-state index contributed by atoms with van der Waals surface area (Å²) in [5.41, 5.74) is 1.76. The number of amides is 1. The summed E-state index contributed by atoms with van der Waals surface area (Å²) in [6, 6.07) is 7.67. The van der Waals surface area contributed by atoms with E-state index in [0.717, 1.165) is 37.1 Å². The maximum atomic E-state index is 12.6. The Morgan fingerprint density at radius 2 is 2.00 bits per heavy atom. The first-order valence-electron chi connectivity index (χ1n) is 7.88. The zero-order valence-electron chi connectivity index (χ0n) is 13.0. The van der Waals surface area contributed by atoms with Crippen LogP contribution in [0.1, 0.15) is 28.8 Å². The summed E-state index contributed by atoms with van der Waals surface area (Å²) in [6.07, 6.45) is 1.81. The number of hydrogen-bond donors (Lipinski definition) is 0. The van der Waals surface area contributed by atoms with Gasteiger partial charge in [0.25, 0.3) is 5.91 Å². The van der Waals surface area contributed by atoms with E-state index >= 15 is 0 Å². The Morgan fingerprint density at radius 1 is 1.27 bits per heavy atom. The molecule has 0 unspecified atom stereocenters. The van der Waals surface area contributed by atoms with Crippen molar-refractivity contribution in [2.45, 2.75) is 25.7 Å². The van der Waals surface area contributed by atoms with Gasteiger partial charge >= 0.3 is 0 Å². The number of likely N-dealkylation sites (tertiary alicyclic amines) is 1. The molecule has 22 heavy (non-hydrogen) atoms. The van der Waals surface area contributed by atoms with Crippen molar-refractivity contribution < 1.29 is 19.0 Å². The van der Waals surface area contributed by atoms with Crippen LogP contribution in [0.5, 0.6) is 0 Å². The number of rotatable bonds is 4. The molecule has 1 aromatic carbocycles. The highest BCUT2D eigenvalue weighted by molar-refractivity contribution is 5.94. The number of carbonyl (C=O) groups excluding carboxylic acids is 1. The van der Waals surface area contributed by atoms with E-state index in [0.29, 0.717) is 25.7 Å². The average Bonchev–Trinajstić information content (AvgIpc) is 3.09. The number of benzene rings is 1. The molecular weight excluding hydrogens is 282 g/mol. The highest BCUT2D eigenvalue weighted by Gasteiger charge is 2.31. The van der Waals surface area contributed by atoms with E-state index in [4.69, 9.17) is 14.2 Å². The maximum Gasteiger partial charge on any atom is 0.253 e. The molecule has 0 radical (unpaired) electrons. The summed E-state index contributed by atoms with van der Waals surface area (Å²) in [5, 5.41) is 0. The van der Waals surface area contributed by atoms with Crippen molar-refractivity contribution in [1.29, 1.82) is 0 Å². The van der Waals surface area contributed by atoms with E-state index in [1.165, 1.54) is 0 Å². The minimum atomic E-state index is -0.0673. The average molecular weight is 305 g/mol. The third kappa shape index (κ3) is 3.48. The molecule has 2 aliphatic heterocycles. The largest absolute Gasteiger partial charge is 0.380 e. The predicted molar refractivity (Wildman–Crippen MR) is 81.5 cm³/mol. The predicted octanol–water partition coefficient (Wildman–Crippen LogP) is 2.06. The number of carbonyl (C=O) groups is 1. The lowest BCUT2D eigenvalue weighted by Gasteiger charge is -2.34. The zero-order chi connectivity index (χ0) is 15.4. The molecule has 2 fully saturated rings. The van der Waals surface area contributed by atoms with Crippen LogP contribution in [0.3, 0.4) is 0 Å². The Kier molecular flexibility index (Phi) is 5.08. The third-order valence-corrected chi connectivity index (χ3v) is 4.34. The van der Waals surface area contributed by atoms with Crippen LogP contribution in [-0.4, -0.2) is 50.5 Å². The van der Waals surface area contributed by atoms with Gasteiger partial charge in [-0.1, -0.05) is 12.1 Å². The lowest BCUT2D eigenvalue weighted by atomic mass is 9.95. The Hall–Kier alpha value is -1.43. The Morgan fingerprint density at radius 3 is 2.68 bits per heavy atom. The molecule has 0 saturated carbocycles. The first-order chi connectivity index (χ1) is 10.8. The molecule has 1 aromatic rings. The quantitative estimate of drug-likeness (QED) is 0.854. The van der Waals surface area contributed by atoms with Gasteiger partial charge in [-0.15, -0.1) is 0 Å². The second-order valence-electron chi connectivity index (χ2n) is 5.87. The lowest BCUT2D eigenvalue weighted by molar-refractivity contribution is -0.0956. The normalized spacial score (nSPS) is 20.5. The van der Waals surface area contributed by atoms with Gasteiger partial charge in [0, 0.05) is 31.7 Å². The molecule has 0 bridgehead atoms. The van der Waals surface area contributed by atoms with Crippen LogP contribution in [0, 0.1) is 5.92 Å². The first-order valence-corrected chi connectivity index (χ1v) is 7.88. The van der Waals surface area contributed by atoms with E-state index in [1.807, 2.05) is 29.2 Å². The number of ether oxygens (including phenoxy) is 3. The summed E-state index contributed by atoms with van der Waals surface area (Å²) in [5.74, 6) is 0.510. The lowest BCUT2D eigenvalue weighted by Crippen LogP contribution is -2.41. The van der Waals surface area contributed by atoms with Crippen molar-refractivity contribution in [3.63, 3.8) is 0 Å². The molecule has 2 aliphatic rings. The van der Waals surface area contributed by atoms with E-state index < -0.39 is 0 Å². The molecule has 0 spiro atoms. The number of hydrogen-bond acceptors (Lipinski definition) is 4. The van der Waals surface area contributed by atoms with E-state index in [-0.39, 0.29) is 12.2 Å². The molecule has 0 N–H and O–H groups in total. The summed E-state index contributed by atoms with van der Waals surface area (Å²) in [6.45, 7) is 3.44. The molecule has 2 saturated heterocycles. The molecule has 5 heteroatoms. The van der Waals surface area contributed by atoms with Crippen molar-refractivity contribution in [2.24, 2.45) is 5.92 Å². The number of piperidine rings is 1. The molecule has 120 valence electrons. The fourth-order valence-electron chi connectivity index (χ4n) is 3.17. The summed E-state index contributed by atoms with van der Waals surface area (Å²) in [7, 11) is 1.66. The van der Waals surface area contributed by atoms with Crippen LogP contribution >= 0.6 is 0 Å². The minimum Gasteiger partial charge on any atom is -0.380 e. The van der Waals surface area contributed by atoms with Gasteiger partial charge in [-0.3, -0.25) is 4.79 Å². The maximum absolute atomic E-state index is 12.6. The second-order valence-corrected chi connectivity index (χ2v) is 5.87. The topological polar surface area (TPSA) is 48.0 Å². The minimum absolute atomic E-state index is 0.0673. The van der Waals surface area contributed by atoms with Crippen molar-refractivity contribution in [2.75, 3.05) is 33.4 Å². The smallest absolute Gasteiger partial charge is 0.253 e. The molecule has 2 heterocycles. The van der Waals surface area contributed by atoms with Crippen LogP contribution in [0.4, 0.5) is 0 Å². The Bertz CT molecular complexity index is 505. The van der Waals surface area contributed by atoms with Crippen molar-refractivity contribution >= 4 is 5.91 Å². The Labute approximate surface area is 131 Å². The van der Waals surface area contributed by atoms with Crippen LogP contribution in [-0.2, 0) is 20.8 Å². The fourth-order valence-corrected chi connectivity index (χ4v) is 3.17. The van der Waals surface area contributed by atoms with Crippen LogP contribution in [0.25, 0.3) is 0 Å². The van der Waals surface area contributed by atoms with Crippen molar-refractivity contribution in [1.82, 2.24) is 4.90 Å². The monoisotopic (exact) mass is 305 g/mol. The highest BCUT2D eigenvalue weighted by atomic mass is 16.7. The molecule has 5 nitrogen and oxygen atoms in total. The van der Waals surface area contributed by atoms with Gasteiger partial charge in [0.1, 0.15) is 0 Å². The molecule has 0 atom stereocenters. The van der Waals surface area contributed by atoms with Gasteiger partial charge in [-0.25, -0.2) is 0 Å². The van der Waals surface area contributed by atoms with Gasteiger partial charge in [-0.2, -0.15) is 0 Å². The zero-order valence-corrected chi connectivity index (χ0v) is 13.0.